The largest absolute Gasteiger partial charge is 0.479 e. The van der Waals surface area contributed by atoms with E-state index in [2.05, 4.69) is 6.58 Å². The van der Waals surface area contributed by atoms with Crippen LogP contribution in [0.1, 0.15) is 72.8 Å². The SMILES string of the molecule is C=C(CC[C@]12O[C@H](C(=O)O)[C@@](O)(C(=O)O)[C@](C(=O)O)(O1)[C@H](OC(C)=O)[C@@H]2OC(=O)/C=C/[C@H](C)C[C@H](C)CC)[C@H](OC(C)=O)[C@@H](C)Cc1ccccc1. The highest BCUT2D eigenvalue weighted by atomic mass is 16.8. The number of carboxylic acid groups (broad SMARTS) is 3. The Bertz CT molecular complexity index is 1550. The molecule has 4 N–H and O–H groups in total. The molecule has 2 aliphatic heterocycles. The summed E-state index contributed by atoms with van der Waals surface area (Å²) >= 11 is 0. The summed E-state index contributed by atoms with van der Waals surface area (Å²) < 4.78 is 28.1. The molecule has 0 spiro atoms. The Morgan fingerprint density at radius 1 is 0.942 bits per heavy atom. The van der Waals surface area contributed by atoms with Gasteiger partial charge in [0.05, 0.1) is 0 Å². The van der Waals surface area contributed by atoms with Crippen molar-refractivity contribution >= 4 is 35.8 Å². The lowest BCUT2D eigenvalue weighted by molar-refractivity contribution is -0.374. The first-order valence-electron chi connectivity index (χ1n) is 17.0. The minimum atomic E-state index is -3.93. The predicted octanol–water partition coefficient (Wildman–Crippen LogP) is 3.45. The van der Waals surface area contributed by atoms with Gasteiger partial charge >= 0.3 is 35.8 Å². The molecule has 0 saturated carbocycles. The topological polar surface area (TPSA) is 229 Å². The summed E-state index contributed by atoms with van der Waals surface area (Å²) in [6.07, 6.45) is -4.66. The summed E-state index contributed by atoms with van der Waals surface area (Å²) in [4.78, 5) is 76.4. The van der Waals surface area contributed by atoms with Gasteiger partial charge in [-0.25, -0.2) is 19.2 Å². The molecule has 52 heavy (non-hydrogen) atoms. The third-order valence-corrected chi connectivity index (χ3v) is 9.55. The maximum atomic E-state index is 13.4. The number of benzene rings is 1. The van der Waals surface area contributed by atoms with Crippen molar-refractivity contribution in [1.29, 1.82) is 0 Å². The van der Waals surface area contributed by atoms with Gasteiger partial charge in [-0.3, -0.25) is 9.59 Å². The fourth-order valence-electron chi connectivity index (χ4n) is 6.89. The van der Waals surface area contributed by atoms with E-state index in [1.807, 2.05) is 51.1 Å². The van der Waals surface area contributed by atoms with Crippen LogP contribution >= 0.6 is 0 Å². The van der Waals surface area contributed by atoms with Crippen LogP contribution in [-0.2, 0) is 58.9 Å². The first-order valence-corrected chi connectivity index (χ1v) is 17.0. The first kappa shape index (κ1) is 41.8. The zero-order valence-electron chi connectivity index (χ0n) is 30.1. The summed E-state index contributed by atoms with van der Waals surface area (Å²) in [5.74, 6) is -12.5. The molecule has 2 heterocycles. The Labute approximate surface area is 301 Å². The second-order valence-electron chi connectivity index (χ2n) is 13.7. The van der Waals surface area contributed by atoms with Gasteiger partial charge < -0.3 is 44.1 Å². The number of hydrogen-bond acceptors (Lipinski definition) is 12. The van der Waals surface area contributed by atoms with Gasteiger partial charge in [0.1, 0.15) is 6.10 Å². The van der Waals surface area contributed by atoms with Gasteiger partial charge in [-0.05, 0) is 42.2 Å². The van der Waals surface area contributed by atoms with Crippen molar-refractivity contribution in [2.24, 2.45) is 17.8 Å². The van der Waals surface area contributed by atoms with Crippen LogP contribution in [-0.4, -0.2) is 97.6 Å². The number of carboxylic acids is 3. The standard InChI is InChI=1S/C37H48O15/c1-8-20(2)18-21(3)14-15-27(40)50-29-30(49-25(7)39)37(34(45)46)36(47,33(43)44)31(32(41)42)51-35(29,52-37)17-16-22(4)28(48-24(6)38)23(5)19-26-12-10-9-11-13-26/h9-15,20-21,23,28-31,47H,4,8,16-19H2,1-3,5-7H3,(H,41,42)(H,43,44)(H,45,46)/b15-14+/t20-,21+,23+,28+,29+,30-,31-,35+,36-,37+/m1/s1. The number of aliphatic carboxylic acids is 3. The number of fused-ring (bicyclic) bond motifs is 2. The Kier molecular flexibility index (Phi) is 13.5. The minimum absolute atomic E-state index is 0.116. The summed E-state index contributed by atoms with van der Waals surface area (Å²) in [7, 11) is 0. The van der Waals surface area contributed by atoms with Gasteiger partial charge in [0.25, 0.3) is 5.60 Å². The van der Waals surface area contributed by atoms with Crippen molar-refractivity contribution in [1.82, 2.24) is 0 Å². The molecule has 1 aromatic rings. The Hall–Kier alpha value is -4.60. The fourth-order valence-corrected chi connectivity index (χ4v) is 6.89. The molecule has 286 valence electrons. The number of aliphatic hydroxyl groups is 1. The number of esters is 3. The smallest absolute Gasteiger partial charge is 0.344 e. The van der Waals surface area contributed by atoms with Gasteiger partial charge in [0.15, 0.2) is 12.2 Å². The summed E-state index contributed by atoms with van der Waals surface area (Å²) in [5.41, 5.74) is -6.37. The molecule has 15 heteroatoms. The Balaban J connectivity index is 2.15. The van der Waals surface area contributed by atoms with Crippen LogP contribution in [0.3, 0.4) is 0 Å². The molecule has 2 fully saturated rings. The van der Waals surface area contributed by atoms with E-state index in [0.29, 0.717) is 18.8 Å². The number of carbonyl (C=O) groups excluding carboxylic acids is 3. The van der Waals surface area contributed by atoms with Gasteiger partial charge in [0, 0.05) is 32.3 Å². The summed E-state index contributed by atoms with van der Waals surface area (Å²) in [5, 5.41) is 42.5. The molecule has 10 atom stereocenters. The fraction of sp³-hybridized carbons (Fsp3) is 0.568. The van der Waals surface area contributed by atoms with Crippen LogP contribution < -0.4 is 0 Å². The second-order valence-corrected chi connectivity index (χ2v) is 13.7. The molecular formula is C37H48O15. The average Bonchev–Trinajstić information content (AvgIpc) is 3.29. The number of ether oxygens (including phenoxy) is 5. The van der Waals surface area contributed by atoms with Crippen LogP contribution in [0.2, 0.25) is 0 Å². The Morgan fingerprint density at radius 2 is 1.58 bits per heavy atom. The molecular weight excluding hydrogens is 684 g/mol. The van der Waals surface area contributed by atoms with E-state index < -0.39 is 83.6 Å². The molecule has 0 aliphatic carbocycles. The summed E-state index contributed by atoms with van der Waals surface area (Å²) in [6.45, 7) is 13.8. The maximum Gasteiger partial charge on any atom is 0.344 e. The molecule has 0 amide bonds. The molecule has 3 rings (SSSR count). The Morgan fingerprint density at radius 3 is 2.10 bits per heavy atom. The lowest BCUT2D eigenvalue weighted by atomic mass is 9.74. The van der Waals surface area contributed by atoms with Crippen LogP contribution in [0.15, 0.2) is 54.6 Å². The third-order valence-electron chi connectivity index (χ3n) is 9.55. The van der Waals surface area contributed by atoms with Crippen LogP contribution in [0.4, 0.5) is 0 Å². The monoisotopic (exact) mass is 732 g/mol. The van der Waals surface area contributed by atoms with E-state index in [9.17, 15) is 49.2 Å². The minimum Gasteiger partial charge on any atom is -0.479 e. The van der Waals surface area contributed by atoms with Crippen molar-refractivity contribution in [2.75, 3.05) is 0 Å². The van der Waals surface area contributed by atoms with Crippen molar-refractivity contribution in [3.63, 3.8) is 0 Å². The number of carbonyl (C=O) groups is 6. The molecule has 2 bridgehead atoms. The maximum absolute atomic E-state index is 13.4. The van der Waals surface area contributed by atoms with E-state index in [4.69, 9.17) is 23.7 Å². The van der Waals surface area contributed by atoms with Crippen molar-refractivity contribution < 1.29 is 72.9 Å². The van der Waals surface area contributed by atoms with E-state index in [-0.39, 0.29) is 23.8 Å². The number of hydrogen-bond donors (Lipinski definition) is 4. The average molecular weight is 733 g/mol. The highest BCUT2D eigenvalue weighted by molar-refractivity contribution is 5.98. The van der Waals surface area contributed by atoms with E-state index in [0.717, 1.165) is 25.0 Å². The van der Waals surface area contributed by atoms with Crippen molar-refractivity contribution in [3.05, 3.63) is 60.2 Å². The van der Waals surface area contributed by atoms with E-state index >= 15 is 0 Å². The highest BCUT2D eigenvalue weighted by Gasteiger charge is 2.86. The van der Waals surface area contributed by atoms with Crippen LogP contribution in [0, 0.1) is 17.8 Å². The first-order chi connectivity index (χ1) is 24.2. The van der Waals surface area contributed by atoms with Crippen molar-refractivity contribution in [2.45, 2.75) is 115 Å². The lowest BCUT2D eigenvalue weighted by Crippen LogP contribution is -2.78. The van der Waals surface area contributed by atoms with Gasteiger partial charge in [-0.2, -0.15) is 0 Å². The number of allylic oxidation sites excluding steroid dienone is 1. The molecule has 15 nitrogen and oxygen atoms in total. The molecule has 2 aliphatic rings. The van der Waals surface area contributed by atoms with Gasteiger partial charge in [-0.1, -0.05) is 77.1 Å². The van der Waals surface area contributed by atoms with E-state index in [1.165, 1.54) is 13.0 Å². The molecule has 0 unspecified atom stereocenters. The molecule has 0 radical (unpaired) electrons. The zero-order valence-corrected chi connectivity index (χ0v) is 30.1. The quantitative estimate of drug-likeness (QED) is 0.0733. The van der Waals surface area contributed by atoms with Crippen molar-refractivity contribution in [3.8, 4) is 0 Å². The summed E-state index contributed by atoms with van der Waals surface area (Å²) in [6, 6.07) is 9.26. The predicted molar refractivity (Wildman–Crippen MR) is 180 cm³/mol. The normalized spacial score (nSPS) is 28.9. The van der Waals surface area contributed by atoms with Crippen LogP contribution in [0.25, 0.3) is 0 Å². The lowest BCUT2D eigenvalue weighted by Gasteiger charge is -2.48. The van der Waals surface area contributed by atoms with Crippen LogP contribution in [0.5, 0.6) is 0 Å². The molecule has 2 saturated heterocycles. The second kappa shape index (κ2) is 16.8. The van der Waals surface area contributed by atoms with E-state index in [1.54, 1.807) is 6.92 Å². The highest BCUT2D eigenvalue weighted by Crippen LogP contribution is 2.57. The van der Waals surface area contributed by atoms with Gasteiger partial charge in [0.2, 0.25) is 17.5 Å². The third kappa shape index (κ3) is 8.54. The number of rotatable bonds is 18. The van der Waals surface area contributed by atoms with Gasteiger partial charge in [-0.15, -0.1) is 0 Å². The zero-order chi connectivity index (χ0) is 39.2. The molecule has 0 aromatic heterocycles. The molecule has 1 aromatic carbocycles.